The van der Waals surface area contributed by atoms with E-state index in [9.17, 15) is 19.7 Å². The number of thiophene rings is 1. The lowest BCUT2D eigenvalue weighted by Gasteiger charge is -2.09. The summed E-state index contributed by atoms with van der Waals surface area (Å²) >= 11 is 1.39. The maximum absolute atomic E-state index is 12.5. The van der Waals surface area contributed by atoms with Crippen molar-refractivity contribution in [3.05, 3.63) is 50.4 Å². The minimum Gasteiger partial charge on any atom is -0.477 e. The van der Waals surface area contributed by atoms with Gasteiger partial charge in [0.2, 0.25) is 0 Å². The van der Waals surface area contributed by atoms with E-state index >= 15 is 0 Å². The Hall–Kier alpha value is -2.94. The quantitative estimate of drug-likeness (QED) is 0.314. The monoisotopic (exact) mass is 418 g/mol. The molecule has 1 aromatic carbocycles. The highest BCUT2D eigenvalue weighted by atomic mass is 32.1. The van der Waals surface area contributed by atoms with Crippen LogP contribution < -0.4 is 10.1 Å². The first kappa shape index (κ1) is 20.8. The second-order valence-corrected chi connectivity index (χ2v) is 7.66. The predicted molar refractivity (Wildman–Crippen MR) is 109 cm³/mol. The van der Waals surface area contributed by atoms with Crippen LogP contribution in [0.25, 0.3) is 0 Å². The summed E-state index contributed by atoms with van der Waals surface area (Å²) in [5, 5.41) is 14.2. The van der Waals surface area contributed by atoms with Crippen LogP contribution in [0.5, 0.6) is 5.75 Å². The predicted octanol–water partition coefficient (Wildman–Crippen LogP) is 4.12. The number of fused-ring (bicyclic) bond motifs is 1. The van der Waals surface area contributed by atoms with Gasteiger partial charge in [-0.25, -0.2) is 4.79 Å². The van der Waals surface area contributed by atoms with Crippen LogP contribution in [0.4, 0.5) is 10.7 Å². The number of esters is 1. The first-order valence-corrected chi connectivity index (χ1v) is 10.3. The molecule has 1 aliphatic rings. The van der Waals surface area contributed by atoms with Gasteiger partial charge in [-0.05, 0) is 44.2 Å². The molecule has 0 saturated carbocycles. The van der Waals surface area contributed by atoms with Crippen molar-refractivity contribution in [2.75, 3.05) is 18.5 Å². The largest absolute Gasteiger partial charge is 0.477 e. The number of amides is 1. The molecule has 9 heteroatoms. The van der Waals surface area contributed by atoms with Crippen molar-refractivity contribution in [3.63, 3.8) is 0 Å². The molecule has 1 aliphatic carbocycles. The van der Waals surface area contributed by atoms with E-state index in [1.807, 2.05) is 0 Å². The standard InChI is InChI=1S/C20H22N2O6S/c1-2-27-20(24)18-13-8-4-3-5-11-16(13)29-19(18)21-17(23)12-28-15-10-7-6-9-14(15)22(25)26/h6-7,9-10H,2-5,8,11-12H2,1H3,(H,21,23). The highest BCUT2D eigenvalue weighted by molar-refractivity contribution is 7.17. The van der Waals surface area contributed by atoms with Crippen LogP contribution in [0.1, 0.15) is 47.0 Å². The lowest BCUT2D eigenvalue weighted by Crippen LogP contribution is -2.21. The second kappa shape index (κ2) is 9.51. The van der Waals surface area contributed by atoms with E-state index in [4.69, 9.17) is 9.47 Å². The van der Waals surface area contributed by atoms with Crippen molar-refractivity contribution in [2.45, 2.75) is 39.0 Å². The Balaban J connectivity index is 1.76. The Kier molecular flexibility index (Phi) is 6.82. The van der Waals surface area contributed by atoms with Crippen molar-refractivity contribution < 1.29 is 24.0 Å². The number of rotatable bonds is 7. The average molecular weight is 418 g/mol. The SMILES string of the molecule is CCOC(=O)c1c(NC(=O)COc2ccccc2[N+](=O)[O-])sc2c1CCCCC2. The summed E-state index contributed by atoms with van der Waals surface area (Å²) in [5.41, 5.74) is 1.17. The van der Waals surface area contributed by atoms with Gasteiger partial charge in [0.15, 0.2) is 12.4 Å². The number of hydrogen-bond acceptors (Lipinski definition) is 7. The summed E-state index contributed by atoms with van der Waals surface area (Å²) in [6.45, 7) is 1.58. The molecule has 0 fully saturated rings. The molecule has 8 nitrogen and oxygen atoms in total. The molecule has 1 heterocycles. The number of benzene rings is 1. The van der Waals surface area contributed by atoms with E-state index in [0.717, 1.165) is 42.5 Å². The molecule has 0 bridgehead atoms. The third-order valence-corrected chi connectivity index (χ3v) is 5.78. The summed E-state index contributed by atoms with van der Waals surface area (Å²) in [6.07, 6.45) is 4.79. The molecule has 154 valence electrons. The van der Waals surface area contributed by atoms with Gasteiger partial charge in [-0.2, -0.15) is 0 Å². The fourth-order valence-electron chi connectivity index (χ4n) is 3.29. The topological polar surface area (TPSA) is 108 Å². The number of anilines is 1. The maximum Gasteiger partial charge on any atom is 0.341 e. The fraction of sp³-hybridized carbons (Fsp3) is 0.400. The summed E-state index contributed by atoms with van der Waals surface area (Å²) < 4.78 is 10.5. The number of hydrogen-bond donors (Lipinski definition) is 1. The molecule has 0 atom stereocenters. The zero-order valence-electron chi connectivity index (χ0n) is 16.1. The van der Waals surface area contributed by atoms with Gasteiger partial charge in [-0.1, -0.05) is 18.6 Å². The molecule has 3 rings (SSSR count). The highest BCUT2D eigenvalue weighted by Crippen LogP contribution is 2.38. The van der Waals surface area contributed by atoms with Crippen LogP contribution in [0.15, 0.2) is 24.3 Å². The van der Waals surface area contributed by atoms with Crippen LogP contribution >= 0.6 is 11.3 Å². The second-order valence-electron chi connectivity index (χ2n) is 6.55. The first-order chi connectivity index (χ1) is 14.0. The van der Waals surface area contributed by atoms with Crippen LogP contribution in [-0.2, 0) is 22.4 Å². The number of para-hydroxylation sites is 2. The Labute approximate surface area is 172 Å². The summed E-state index contributed by atoms with van der Waals surface area (Å²) in [7, 11) is 0. The molecule has 1 aromatic heterocycles. The third kappa shape index (κ3) is 4.92. The van der Waals surface area contributed by atoms with Gasteiger partial charge < -0.3 is 14.8 Å². The van der Waals surface area contributed by atoms with Gasteiger partial charge in [0.05, 0.1) is 17.1 Å². The first-order valence-electron chi connectivity index (χ1n) is 9.49. The highest BCUT2D eigenvalue weighted by Gasteiger charge is 2.27. The number of ether oxygens (including phenoxy) is 2. The van der Waals surface area contributed by atoms with E-state index in [1.165, 1.54) is 29.5 Å². The number of carbonyl (C=O) groups excluding carboxylic acids is 2. The Bertz CT molecular complexity index is 924. The Morgan fingerprint density at radius 3 is 2.72 bits per heavy atom. The van der Waals surface area contributed by atoms with Gasteiger partial charge >= 0.3 is 11.7 Å². The minimum absolute atomic E-state index is 0.0141. The van der Waals surface area contributed by atoms with Gasteiger partial charge in [0, 0.05) is 10.9 Å². The molecule has 0 spiro atoms. The molecular weight excluding hydrogens is 396 g/mol. The van der Waals surface area contributed by atoms with Crippen molar-refractivity contribution >= 4 is 33.9 Å². The molecule has 2 aromatic rings. The van der Waals surface area contributed by atoms with Crippen LogP contribution in [0.2, 0.25) is 0 Å². The zero-order chi connectivity index (χ0) is 20.8. The van der Waals surface area contributed by atoms with Crippen molar-refractivity contribution in [1.82, 2.24) is 0 Å². The lowest BCUT2D eigenvalue weighted by molar-refractivity contribution is -0.385. The Morgan fingerprint density at radius 2 is 1.97 bits per heavy atom. The van der Waals surface area contributed by atoms with Crippen molar-refractivity contribution in [3.8, 4) is 5.75 Å². The van der Waals surface area contributed by atoms with Gasteiger partial charge in [-0.15, -0.1) is 11.3 Å². The van der Waals surface area contributed by atoms with Crippen molar-refractivity contribution in [1.29, 1.82) is 0 Å². The van der Waals surface area contributed by atoms with E-state index in [-0.39, 0.29) is 18.0 Å². The fourth-order valence-corrected chi connectivity index (χ4v) is 4.58. The molecule has 29 heavy (non-hydrogen) atoms. The van der Waals surface area contributed by atoms with E-state index in [0.29, 0.717) is 10.6 Å². The summed E-state index contributed by atoms with van der Waals surface area (Å²) in [6, 6.07) is 5.86. The van der Waals surface area contributed by atoms with Crippen LogP contribution in [-0.4, -0.2) is 30.0 Å². The third-order valence-electron chi connectivity index (χ3n) is 4.57. The zero-order valence-corrected chi connectivity index (χ0v) is 16.9. The number of nitro benzene ring substituents is 1. The smallest absolute Gasteiger partial charge is 0.341 e. The molecule has 0 saturated heterocycles. The van der Waals surface area contributed by atoms with E-state index in [2.05, 4.69) is 5.32 Å². The lowest BCUT2D eigenvalue weighted by atomic mass is 10.1. The van der Waals surface area contributed by atoms with E-state index in [1.54, 1.807) is 13.0 Å². The van der Waals surface area contributed by atoms with Crippen LogP contribution in [0, 0.1) is 10.1 Å². The normalized spacial score (nSPS) is 13.1. The average Bonchev–Trinajstić information content (AvgIpc) is 2.87. The number of aryl methyl sites for hydroxylation is 1. The van der Waals surface area contributed by atoms with E-state index < -0.39 is 23.4 Å². The number of carbonyl (C=O) groups is 2. The number of nitrogens with zero attached hydrogens (tertiary/aromatic N) is 1. The van der Waals surface area contributed by atoms with Crippen LogP contribution in [0.3, 0.4) is 0 Å². The number of nitro groups is 1. The summed E-state index contributed by atoms with van der Waals surface area (Å²) in [5.74, 6) is -0.924. The summed E-state index contributed by atoms with van der Waals surface area (Å²) in [4.78, 5) is 36.5. The van der Waals surface area contributed by atoms with Gasteiger partial charge in [-0.3, -0.25) is 14.9 Å². The van der Waals surface area contributed by atoms with Crippen molar-refractivity contribution in [2.24, 2.45) is 0 Å². The Morgan fingerprint density at radius 1 is 1.21 bits per heavy atom. The molecule has 1 N–H and O–H groups in total. The number of nitrogens with one attached hydrogen (secondary N) is 1. The minimum atomic E-state index is -0.567. The molecule has 1 amide bonds. The van der Waals surface area contributed by atoms with Gasteiger partial charge in [0.1, 0.15) is 5.00 Å². The van der Waals surface area contributed by atoms with Gasteiger partial charge in [0.25, 0.3) is 5.91 Å². The molecular formula is C20H22N2O6S. The molecule has 0 radical (unpaired) electrons. The maximum atomic E-state index is 12.5. The molecule has 0 unspecified atom stereocenters. The molecule has 0 aliphatic heterocycles.